The van der Waals surface area contributed by atoms with E-state index >= 15 is 0 Å². The predicted octanol–water partition coefficient (Wildman–Crippen LogP) is -0.708. The van der Waals surface area contributed by atoms with Gasteiger partial charge in [0.25, 0.3) is 0 Å². The number of phosphoric acid groups is 1. The van der Waals surface area contributed by atoms with E-state index in [1.54, 1.807) is 0 Å². The number of rotatable bonds is 7. The van der Waals surface area contributed by atoms with Crippen molar-refractivity contribution in [3.05, 3.63) is 11.6 Å². The van der Waals surface area contributed by atoms with Crippen LogP contribution in [0.25, 0.3) is 0 Å². The third kappa shape index (κ3) is 6.25. The molecule has 0 aromatic carbocycles. The second kappa shape index (κ2) is 6.98. The van der Waals surface area contributed by atoms with Crippen molar-refractivity contribution in [3.63, 3.8) is 0 Å². The average molecular weight is 283 g/mol. The maximum absolute atomic E-state index is 10.9. The molecule has 0 saturated heterocycles. The lowest BCUT2D eigenvalue weighted by Gasteiger charge is -2.28. The van der Waals surface area contributed by atoms with Crippen LogP contribution in [0, 0.1) is 0 Å². The van der Waals surface area contributed by atoms with E-state index in [0.717, 1.165) is 6.08 Å². The Kier molecular flexibility index (Phi) is 6.69. The van der Waals surface area contributed by atoms with Crippen LogP contribution in [-0.4, -0.2) is 46.2 Å². The van der Waals surface area contributed by atoms with Gasteiger partial charge in [-0.3, -0.25) is 9.32 Å². The zero-order valence-electron chi connectivity index (χ0n) is 10.3. The smallest absolute Gasteiger partial charge is 0.391 e. The first-order valence-corrected chi connectivity index (χ1v) is 6.54. The van der Waals surface area contributed by atoms with Crippen molar-refractivity contribution in [1.82, 2.24) is 0 Å². The van der Waals surface area contributed by atoms with E-state index in [1.807, 2.05) is 0 Å². The summed E-state index contributed by atoms with van der Waals surface area (Å²) >= 11 is 0. The van der Waals surface area contributed by atoms with Crippen molar-refractivity contribution in [2.45, 2.75) is 32.2 Å². The van der Waals surface area contributed by atoms with Crippen LogP contribution >= 0.6 is 7.82 Å². The van der Waals surface area contributed by atoms with E-state index in [4.69, 9.17) is 20.3 Å². The van der Waals surface area contributed by atoms with E-state index in [1.165, 1.54) is 21.0 Å². The Labute approximate surface area is 105 Å². The van der Waals surface area contributed by atoms with E-state index in [-0.39, 0.29) is 5.57 Å². The number of carbonyl (C=O) groups excluding carboxylic acids is 1. The molecular weight excluding hydrogens is 265 g/mol. The lowest BCUT2D eigenvalue weighted by Crippen LogP contribution is -2.39. The van der Waals surface area contributed by atoms with Gasteiger partial charge in [0.05, 0.1) is 6.10 Å². The molecule has 9 heteroatoms. The molecule has 1 amide bonds. The van der Waals surface area contributed by atoms with Crippen LogP contribution < -0.4 is 5.73 Å². The minimum Gasteiger partial charge on any atom is -0.391 e. The first kappa shape index (κ1) is 17.2. The maximum atomic E-state index is 10.9. The highest BCUT2D eigenvalue weighted by molar-refractivity contribution is 7.46. The van der Waals surface area contributed by atoms with Gasteiger partial charge in [-0.15, -0.1) is 0 Å². The van der Waals surface area contributed by atoms with Gasteiger partial charge in [0, 0.05) is 13.2 Å². The van der Waals surface area contributed by atoms with Crippen molar-refractivity contribution in [1.29, 1.82) is 0 Å². The molecule has 0 fully saturated rings. The number of phosphoric ester groups is 1. The quantitative estimate of drug-likeness (QED) is 0.357. The minimum atomic E-state index is -4.81. The van der Waals surface area contributed by atoms with Crippen LogP contribution in [0.1, 0.15) is 13.8 Å². The molecule has 0 radical (unpaired) electrons. The number of primary amides is 1. The molecule has 0 spiro atoms. The normalized spacial score (nSPS) is 18.2. The van der Waals surface area contributed by atoms with Gasteiger partial charge in [-0.1, -0.05) is 0 Å². The predicted molar refractivity (Wildman–Crippen MR) is 62.3 cm³/mol. The second-order valence-electron chi connectivity index (χ2n) is 3.75. The molecule has 0 saturated carbocycles. The molecule has 0 aromatic rings. The third-order valence-corrected chi connectivity index (χ3v) is 2.62. The van der Waals surface area contributed by atoms with Crippen molar-refractivity contribution < 1.29 is 33.5 Å². The Balaban J connectivity index is 5.28. The molecule has 0 bridgehead atoms. The van der Waals surface area contributed by atoms with Gasteiger partial charge >= 0.3 is 7.82 Å². The number of ether oxygens (including phenoxy) is 1. The summed E-state index contributed by atoms with van der Waals surface area (Å²) in [7, 11) is -3.57. The first-order chi connectivity index (χ1) is 8.08. The second-order valence-corrected chi connectivity index (χ2v) is 4.94. The summed E-state index contributed by atoms with van der Waals surface area (Å²) in [5, 5.41) is 9.46. The van der Waals surface area contributed by atoms with Gasteiger partial charge in [0.15, 0.2) is 0 Å². The molecule has 8 nitrogen and oxygen atoms in total. The molecular formula is C9H18NO7P. The lowest BCUT2D eigenvalue weighted by molar-refractivity contribution is -0.113. The Morgan fingerprint density at radius 3 is 2.22 bits per heavy atom. The van der Waals surface area contributed by atoms with Gasteiger partial charge in [0.2, 0.25) is 5.91 Å². The summed E-state index contributed by atoms with van der Waals surface area (Å²) in [6.07, 6.45) is -2.45. The summed E-state index contributed by atoms with van der Waals surface area (Å²) in [6, 6.07) is 0. The zero-order chi connectivity index (χ0) is 14.5. The number of nitrogens with two attached hydrogens (primary N) is 1. The van der Waals surface area contributed by atoms with E-state index in [9.17, 15) is 14.5 Å². The van der Waals surface area contributed by atoms with E-state index in [2.05, 4.69) is 4.52 Å². The topological polar surface area (TPSA) is 139 Å². The van der Waals surface area contributed by atoms with Crippen molar-refractivity contribution >= 4 is 13.7 Å². The number of amides is 1. The first-order valence-electron chi connectivity index (χ1n) is 5.01. The molecule has 5 N–H and O–H groups in total. The van der Waals surface area contributed by atoms with Crippen molar-refractivity contribution in [3.8, 4) is 0 Å². The number of aliphatic hydroxyl groups excluding tert-OH is 1. The van der Waals surface area contributed by atoms with Gasteiger partial charge in [-0.2, -0.15) is 0 Å². The summed E-state index contributed by atoms with van der Waals surface area (Å²) in [5.74, 6) is -0.799. The summed E-state index contributed by atoms with van der Waals surface area (Å²) in [6.45, 7) is 2.75. The van der Waals surface area contributed by atoms with Crippen LogP contribution in [0.3, 0.4) is 0 Å². The van der Waals surface area contributed by atoms with E-state index in [0.29, 0.717) is 0 Å². The highest BCUT2D eigenvalue weighted by Gasteiger charge is 2.33. The molecule has 0 heterocycles. The molecule has 0 aliphatic heterocycles. The molecule has 0 aliphatic carbocycles. The molecule has 106 valence electrons. The van der Waals surface area contributed by atoms with E-state index < -0.39 is 32.0 Å². The third-order valence-electron chi connectivity index (χ3n) is 2.12. The lowest BCUT2D eigenvalue weighted by atomic mass is 10.0. The summed E-state index contributed by atoms with van der Waals surface area (Å²) < 4.78 is 20.3. The Morgan fingerprint density at radius 1 is 1.44 bits per heavy atom. The molecule has 0 aliphatic rings. The SMILES string of the molecule is COC(C(C)O)C(OP(=O)(O)O)/C(C)=C/C(N)=O. The summed E-state index contributed by atoms with van der Waals surface area (Å²) in [5.41, 5.74) is 5.08. The number of methoxy groups -OCH3 is 1. The Morgan fingerprint density at radius 2 is 1.94 bits per heavy atom. The van der Waals surface area contributed by atoms with Gasteiger partial charge in [-0.25, -0.2) is 4.57 Å². The highest BCUT2D eigenvalue weighted by atomic mass is 31.2. The van der Waals surface area contributed by atoms with Crippen molar-refractivity contribution in [2.24, 2.45) is 5.73 Å². The fraction of sp³-hybridized carbons (Fsp3) is 0.667. The van der Waals surface area contributed by atoms with Crippen LogP contribution in [0.4, 0.5) is 0 Å². The molecule has 18 heavy (non-hydrogen) atoms. The molecule has 0 rings (SSSR count). The number of aliphatic hydroxyl groups is 1. The van der Waals surface area contributed by atoms with Crippen LogP contribution in [-0.2, 0) is 18.6 Å². The fourth-order valence-corrected chi connectivity index (χ4v) is 2.01. The van der Waals surface area contributed by atoms with Crippen LogP contribution in [0.2, 0.25) is 0 Å². The largest absolute Gasteiger partial charge is 0.470 e. The molecule has 3 unspecified atom stereocenters. The minimum absolute atomic E-state index is 0.138. The number of hydrogen-bond acceptors (Lipinski definition) is 5. The van der Waals surface area contributed by atoms with Gasteiger partial charge in [-0.05, 0) is 19.4 Å². The summed E-state index contributed by atoms with van der Waals surface area (Å²) in [4.78, 5) is 28.4. The fourth-order valence-electron chi connectivity index (χ4n) is 1.43. The van der Waals surface area contributed by atoms with Crippen molar-refractivity contribution in [2.75, 3.05) is 7.11 Å². The highest BCUT2D eigenvalue weighted by Crippen LogP contribution is 2.40. The average Bonchev–Trinajstić information content (AvgIpc) is 2.13. The number of carbonyl (C=O) groups is 1. The Bertz CT molecular complexity index is 362. The standard InChI is InChI=1S/C9H18NO7P/c1-5(4-7(10)12)8(17-18(13,14)15)9(16-3)6(2)11/h4,6,8-9,11H,1-3H3,(H2,10,12)(H2,13,14,15)/b5-4+. The monoisotopic (exact) mass is 283 g/mol. The zero-order valence-corrected chi connectivity index (χ0v) is 11.2. The van der Waals surface area contributed by atoms with Gasteiger partial charge in [0.1, 0.15) is 12.2 Å². The van der Waals surface area contributed by atoms with Crippen LogP contribution in [0.5, 0.6) is 0 Å². The van der Waals surface area contributed by atoms with Crippen LogP contribution in [0.15, 0.2) is 11.6 Å². The molecule has 3 atom stereocenters. The Hall–Kier alpha value is -0.760. The molecule has 0 aromatic heterocycles. The number of hydrogen-bond donors (Lipinski definition) is 4. The maximum Gasteiger partial charge on any atom is 0.470 e. The van der Waals surface area contributed by atoms with Gasteiger partial charge < -0.3 is 25.4 Å².